The average molecular weight is 246 g/mol. The summed E-state index contributed by atoms with van der Waals surface area (Å²) < 4.78 is 7.47. The summed E-state index contributed by atoms with van der Waals surface area (Å²) in [7, 11) is 1.77. The molecule has 3 rings (SSSR count). The molecule has 1 unspecified atom stereocenters. The van der Waals surface area contributed by atoms with Gasteiger partial charge in [0.15, 0.2) is 5.82 Å². The molecule has 0 aromatic carbocycles. The van der Waals surface area contributed by atoms with Gasteiger partial charge in [0.05, 0.1) is 11.8 Å². The molecular formula is C13H18N4O. The van der Waals surface area contributed by atoms with Crippen LogP contribution < -0.4 is 10.6 Å². The van der Waals surface area contributed by atoms with Gasteiger partial charge in [-0.1, -0.05) is 6.07 Å². The van der Waals surface area contributed by atoms with Crippen LogP contribution in [0.25, 0.3) is 5.65 Å². The summed E-state index contributed by atoms with van der Waals surface area (Å²) in [5, 5.41) is 0. The number of aromatic nitrogens is 2. The lowest BCUT2D eigenvalue weighted by molar-refractivity contribution is 0.121. The van der Waals surface area contributed by atoms with Crippen LogP contribution in [0.4, 0.5) is 5.82 Å². The summed E-state index contributed by atoms with van der Waals surface area (Å²) in [5.41, 5.74) is 7.90. The molecular weight excluding hydrogens is 228 g/mol. The summed E-state index contributed by atoms with van der Waals surface area (Å²) in [6, 6.07) is 6.00. The predicted octanol–water partition coefficient (Wildman–Crippen LogP) is 1.02. The lowest BCUT2D eigenvalue weighted by Crippen LogP contribution is -2.24. The van der Waals surface area contributed by atoms with E-state index in [1.165, 1.54) is 0 Å². The quantitative estimate of drug-likeness (QED) is 0.878. The van der Waals surface area contributed by atoms with Crippen LogP contribution in [0.15, 0.2) is 24.4 Å². The Bertz CT molecular complexity index is 551. The van der Waals surface area contributed by atoms with Crippen LogP contribution in [0.5, 0.6) is 0 Å². The molecule has 1 saturated heterocycles. The molecule has 96 valence electrons. The van der Waals surface area contributed by atoms with Gasteiger partial charge >= 0.3 is 0 Å². The monoisotopic (exact) mass is 246 g/mol. The predicted molar refractivity (Wildman–Crippen MR) is 70.7 cm³/mol. The van der Waals surface area contributed by atoms with Gasteiger partial charge in [0.1, 0.15) is 5.65 Å². The Kier molecular flexibility index (Phi) is 2.93. The van der Waals surface area contributed by atoms with Gasteiger partial charge in [0.25, 0.3) is 0 Å². The van der Waals surface area contributed by atoms with Gasteiger partial charge in [-0.05, 0) is 18.6 Å². The molecule has 0 bridgehead atoms. The normalized spacial score (nSPS) is 19.9. The minimum Gasteiger partial charge on any atom is -0.380 e. The average Bonchev–Trinajstić information content (AvgIpc) is 3.02. The molecule has 2 aromatic heterocycles. The van der Waals surface area contributed by atoms with Crippen molar-refractivity contribution in [3.05, 3.63) is 30.1 Å². The molecule has 2 aromatic rings. The molecule has 5 heteroatoms. The molecule has 18 heavy (non-hydrogen) atoms. The SMILES string of the molecule is COC1CCN(c2nc3ccccn3c2CN)C1. The molecule has 3 heterocycles. The van der Waals surface area contributed by atoms with Crippen molar-refractivity contribution in [2.24, 2.45) is 5.73 Å². The number of hydrogen-bond acceptors (Lipinski definition) is 4. The lowest BCUT2D eigenvalue weighted by atomic mass is 10.3. The Labute approximate surface area is 106 Å². The first-order valence-electron chi connectivity index (χ1n) is 6.27. The van der Waals surface area contributed by atoms with Crippen LogP contribution in [0.2, 0.25) is 0 Å². The van der Waals surface area contributed by atoms with Crippen LogP contribution in [0, 0.1) is 0 Å². The number of rotatable bonds is 3. The van der Waals surface area contributed by atoms with Crippen molar-refractivity contribution < 1.29 is 4.74 Å². The molecule has 1 aliphatic rings. The molecule has 0 amide bonds. The van der Waals surface area contributed by atoms with Crippen molar-refractivity contribution in [2.45, 2.75) is 19.1 Å². The minimum atomic E-state index is 0.306. The largest absolute Gasteiger partial charge is 0.380 e. The highest BCUT2D eigenvalue weighted by Crippen LogP contribution is 2.25. The van der Waals surface area contributed by atoms with Crippen LogP contribution in [0.3, 0.4) is 0 Å². The van der Waals surface area contributed by atoms with E-state index < -0.39 is 0 Å². The number of hydrogen-bond donors (Lipinski definition) is 1. The van der Waals surface area contributed by atoms with Crippen molar-refractivity contribution in [1.82, 2.24) is 9.38 Å². The van der Waals surface area contributed by atoms with Crippen molar-refractivity contribution in [3.63, 3.8) is 0 Å². The van der Waals surface area contributed by atoms with E-state index in [9.17, 15) is 0 Å². The van der Waals surface area contributed by atoms with Crippen molar-refractivity contribution in [2.75, 3.05) is 25.1 Å². The number of anilines is 1. The smallest absolute Gasteiger partial charge is 0.152 e. The summed E-state index contributed by atoms with van der Waals surface area (Å²) >= 11 is 0. The van der Waals surface area contributed by atoms with Gasteiger partial charge in [0, 0.05) is 32.9 Å². The molecule has 5 nitrogen and oxygen atoms in total. The number of ether oxygens (including phenoxy) is 1. The van der Waals surface area contributed by atoms with E-state index in [1.54, 1.807) is 7.11 Å². The molecule has 0 aliphatic carbocycles. The maximum atomic E-state index is 5.88. The topological polar surface area (TPSA) is 55.8 Å². The van der Waals surface area contributed by atoms with Gasteiger partial charge in [-0.15, -0.1) is 0 Å². The highest BCUT2D eigenvalue weighted by atomic mass is 16.5. The number of nitrogens with two attached hydrogens (primary N) is 1. The fraction of sp³-hybridized carbons (Fsp3) is 0.462. The Morgan fingerprint density at radius 1 is 1.50 bits per heavy atom. The lowest BCUT2D eigenvalue weighted by Gasteiger charge is -2.16. The minimum absolute atomic E-state index is 0.306. The summed E-state index contributed by atoms with van der Waals surface area (Å²) in [6.45, 7) is 2.37. The van der Waals surface area contributed by atoms with Crippen molar-refractivity contribution in [1.29, 1.82) is 0 Å². The van der Waals surface area contributed by atoms with Gasteiger partial charge in [-0.2, -0.15) is 0 Å². The van der Waals surface area contributed by atoms with Crippen LogP contribution in [-0.2, 0) is 11.3 Å². The molecule has 1 fully saturated rings. The van der Waals surface area contributed by atoms with E-state index in [0.29, 0.717) is 12.6 Å². The molecule has 0 saturated carbocycles. The first-order chi connectivity index (χ1) is 8.83. The summed E-state index contributed by atoms with van der Waals surface area (Å²) in [6.07, 6.45) is 3.37. The van der Waals surface area contributed by atoms with Crippen LogP contribution >= 0.6 is 0 Å². The van der Waals surface area contributed by atoms with E-state index >= 15 is 0 Å². The second kappa shape index (κ2) is 4.59. The van der Waals surface area contributed by atoms with Crippen molar-refractivity contribution >= 4 is 11.5 Å². The van der Waals surface area contributed by atoms with E-state index in [2.05, 4.69) is 14.3 Å². The van der Waals surface area contributed by atoms with Crippen LogP contribution in [0.1, 0.15) is 12.1 Å². The number of imidazole rings is 1. The van der Waals surface area contributed by atoms with E-state index in [0.717, 1.165) is 36.7 Å². The van der Waals surface area contributed by atoms with E-state index in [4.69, 9.17) is 10.5 Å². The highest BCUT2D eigenvalue weighted by Gasteiger charge is 2.26. The number of fused-ring (bicyclic) bond motifs is 1. The number of nitrogens with zero attached hydrogens (tertiary/aromatic N) is 3. The molecule has 0 radical (unpaired) electrons. The summed E-state index contributed by atoms with van der Waals surface area (Å²) in [5.74, 6) is 1.00. The Morgan fingerprint density at radius 3 is 3.11 bits per heavy atom. The fourth-order valence-corrected chi connectivity index (χ4v) is 2.59. The third-order valence-electron chi connectivity index (χ3n) is 3.58. The summed E-state index contributed by atoms with van der Waals surface area (Å²) in [4.78, 5) is 6.95. The Balaban J connectivity index is 2.01. The second-order valence-electron chi connectivity index (χ2n) is 4.61. The highest BCUT2D eigenvalue weighted by molar-refractivity contribution is 5.56. The molecule has 0 spiro atoms. The number of pyridine rings is 1. The second-order valence-corrected chi connectivity index (χ2v) is 4.61. The first-order valence-corrected chi connectivity index (χ1v) is 6.27. The molecule has 1 atom stereocenters. The van der Waals surface area contributed by atoms with Gasteiger partial charge in [0.2, 0.25) is 0 Å². The molecule has 2 N–H and O–H groups in total. The standard InChI is InChI=1S/C13H18N4O/c1-18-10-5-7-16(9-10)13-11(8-14)17-6-3-2-4-12(17)15-13/h2-4,6,10H,5,7-9,14H2,1H3. The maximum Gasteiger partial charge on any atom is 0.152 e. The van der Waals surface area contributed by atoms with Crippen LogP contribution in [-0.4, -0.2) is 35.7 Å². The van der Waals surface area contributed by atoms with E-state index in [1.807, 2.05) is 24.4 Å². The van der Waals surface area contributed by atoms with E-state index in [-0.39, 0.29) is 0 Å². The third kappa shape index (κ3) is 1.76. The van der Waals surface area contributed by atoms with Crippen molar-refractivity contribution in [3.8, 4) is 0 Å². The first kappa shape index (κ1) is 11.5. The zero-order valence-electron chi connectivity index (χ0n) is 10.5. The fourth-order valence-electron chi connectivity index (χ4n) is 2.59. The zero-order valence-corrected chi connectivity index (χ0v) is 10.5. The Hall–Kier alpha value is -1.59. The van der Waals surface area contributed by atoms with Gasteiger partial charge in [-0.25, -0.2) is 4.98 Å². The van der Waals surface area contributed by atoms with Gasteiger partial charge in [-0.3, -0.25) is 0 Å². The Morgan fingerprint density at radius 2 is 2.39 bits per heavy atom. The molecule has 1 aliphatic heterocycles. The number of methoxy groups -OCH3 is 1. The maximum absolute atomic E-state index is 5.88. The zero-order chi connectivity index (χ0) is 12.5. The third-order valence-corrected chi connectivity index (χ3v) is 3.58. The van der Waals surface area contributed by atoms with Gasteiger partial charge < -0.3 is 19.8 Å².